The van der Waals surface area contributed by atoms with E-state index in [2.05, 4.69) is 20.9 Å². The molecule has 0 amide bonds. The molecule has 19 heavy (non-hydrogen) atoms. The van der Waals surface area contributed by atoms with Gasteiger partial charge >= 0.3 is 0 Å². The summed E-state index contributed by atoms with van der Waals surface area (Å²) >= 11 is 3.08. The maximum Gasteiger partial charge on any atom is 0.201 e. The summed E-state index contributed by atoms with van der Waals surface area (Å²) in [7, 11) is -3.01. The molecular formula is C11H13BrFN3O2S. The highest BCUT2D eigenvalue weighted by molar-refractivity contribution is 9.10. The number of fused-ring (bicyclic) bond motifs is 1. The van der Waals surface area contributed by atoms with Crippen LogP contribution < -0.4 is 5.73 Å². The smallest absolute Gasteiger partial charge is 0.201 e. The van der Waals surface area contributed by atoms with E-state index in [-0.39, 0.29) is 11.7 Å². The molecule has 2 aromatic rings. The molecular weight excluding hydrogens is 337 g/mol. The first-order chi connectivity index (χ1) is 8.78. The van der Waals surface area contributed by atoms with Crippen LogP contribution in [0.4, 0.5) is 10.3 Å². The van der Waals surface area contributed by atoms with Gasteiger partial charge < -0.3 is 10.3 Å². The van der Waals surface area contributed by atoms with Crippen molar-refractivity contribution in [3.63, 3.8) is 0 Å². The number of anilines is 1. The molecule has 0 saturated heterocycles. The van der Waals surface area contributed by atoms with Crippen LogP contribution in [0.2, 0.25) is 0 Å². The van der Waals surface area contributed by atoms with Crippen molar-refractivity contribution in [2.75, 3.05) is 17.7 Å². The molecule has 0 saturated carbocycles. The fourth-order valence-electron chi connectivity index (χ4n) is 1.86. The van der Waals surface area contributed by atoms with Gasteiger partial charge in [0, 0.05) is 18.9 Å². The highest BCUT2D eigenvalue weighted by atomic mass is 79.9. The molecule has 1 heterocycles. The summed E-state index contributed by atoms with van der Waals surface area (Å²) in [6.45, 7) is 0.385. The molecule has 8 heteroatoms. The van der Waals surface area contributed by atoms with E-state index in [0.29, 0.717) is 28.5 Å². The normalized spacial score (nSPS) is 12.2. The first kappa shape index (κ1) is 14.3. The number of nitrogen functional groups attached to an aromatic ring is 1. The van der Waals surface area contributed by atoms with Gasteiger partial charge in [0.15, 0.2) is 0 Å². The van der Waals surface area contributed by atoms with Crippen LogP contribution in [-0.4, -0.2) is 30.0 Å². The number of sulfone groups is 1. The summed E-state index contributed by atoms with van der Waals surface area (Å²) in [5, 5.41) is 0. The van der Waals surface area contributed by atoms with Crippen LogP contribution in [0, 0.1) is 5.82 Å². The maximum absolute atomic E-state index is 13.5. The molecule has 104 valence electrons. The predicted octanol–water partition coefficient (Wildman–Crippen LogP) is 1.95. The maximum atomic E-state index is 13.5. The standard InChI is InChI=1S/C11H13BrFN3O2S/c1-19(17,18)4-2-3-16-10-6-8(13)7(12)5-9(10)15-11(16)14/h5-6H,2-4H2,1H3,(H2,14,15). The Morgan fingerprint density at radius 3 is 2.79 bits per heavy atom. The molecule has 2 rings (SSSR count). The molecule has 0 atom stereocenters. The van der Waals surface area contributed by atoms with Crippen LogP contribution in [0.3, 0.4) is 0 Å². The monoisotopic (exact) mass is 349 g/mol. The lowest BCUT2D eigenvalue weighted by molar-refractivity contribution is 0.593. The lowest BCUT2D eigenvalue weighted by Gasteiger charge is -2.06. The number of imidazole rings is 1. The van der Waals surface area contributed by atoms with Gasteiger partial charge in [-0.25, -0.2) is 17.8 Å². The fourth-order valence-corrected chi connectivity index (χ4v) is 2.84. The number of rotatable bonds is 4. The van der Waals surface area contributed by atoms with Gasteiger partial charge in [-0.2, -0.15) is 0 Å². The van der Waals surface area contributed by atoms with E-state index >= 15 is 0 Å². The van der Waals surface area contributed by atoms with Crippen molar-refractivity contribution in [1.82, 2.24) is 9.55 Å². The van der Waals surface area contributed by atoms with Gasteiger partial charge in [0.2, 0.25) is 5.95 Å². The third kappa shape index (κ3) is 3.24. The van der Waals surface area contributed by atoms with Gasteiger partial charge in [0.25, 0.3) is 0 Å². The lowest BCUT2D eigenvalue weighted by atomic mass is 10.3. The third-order valence-corrected chi connectivity index (χ3v) is 4.35. The Morgan fingerprint density at radius 1 is 1.47 bits per heavy atom. The minimum absolute atomic E-state index is 0.0606. The molecule has 0 spiro atoms. The number of halogens is 2. The molecule has 2 N–H and O–H groups in total. The molecule has 0 aliphatic rings. The molecule has 0 fully saturated rings. The topological polar surface area (TPSA) is 78.0 Å². The summed E-state index contributed by atoms with van der Waals surface area (Å²) in [6.07, 6.45) is 1.59. The average Bonchev–Trinajstić information content (AvgIpc) is 2.55. The van der Waals surface area contributed by atoms with Gasteiger partial charge in [-0.3, -0.25) is 0 Å². The molecule has 0 bridgehead atoms. The Bertz CT molecular complexity index is 727. The third-order valence-electron chi connectivity index (χ3n) is 2.72. The second kappa shape index (κ2) is 5.09. The van der Waals surface area contributed by atoms with Gasteiger partial charge in [0.05, 0.1) is 21.3 Å². The fraction of sp³-hybridized carbons (Fsp3) is 0.364. The van der Waals surface area contributed by atoms with E-state index in [0.717, 1.165) is 0 Å². The van der Waals surface area contributed by atoms with Gasteiger partial charge in [-0.15, -0.1) is 0 Å². The van der Waals surface area contributed by atoms with Gasteiger partial charge in [0.1, 0.15) is 15.7 Å². The van der Waals surface area contributed by atoms with E-state index in [4.69, 9.17) is 5.73 Å². The zero-order valence-corrected chi connectivity index (χ0v) is 12.6. The second-order valence-corrected chi connectivity index (χ2v) is 7.47. The van der Waals surface area contributed by atoms with Gasteiger partial charge in [-0.05, 0) is 28.4 Å². The van der Waals surface area contributed by atoms with E-state index in [1.165, 1.54) is 12.3 Å². The first-order valence-electron chi connectivity index (χ1n) is 5.56. The van der Waals surface area contributed by atoms with Crippen molar-refractivity contribution in [3.8, 4) is 0 Å². The number of hydrogen-bond acceptors (Lipinski definition) is 4. The summed E-state index contributed by atoms with van der Waals surface area (Å²) in [6, 6.07) is 2.89. The first-order valence-corrected chi connectivity index (χ1v) is 8.42. The Kier molecular flexibility index (Phi) is 3.82. The summed E-state index contributed by atoms with van der Waals surface area (Å²) in [5.41, 5.74) is 6.90. The number of nitrogens with zero attached hydrogens (tertiary/aromatic N) is 2. The Balaban J connectivity index is 2.32. The molecule has 0 aliphatic heterocycles. The van der Waals surface area contributed by atoms with Crippen LogP contribution in [-0.2, 0) is 16.4 Å². The summed E-state index contributed by atoms with van der Waals surface area (Å²) < 4.78 is 37.6. The Morgan fingerprint density at radius 2 is 2.16 bits per heavy atom. The average molecular weight is 350 g/mol. The molecule has 0 unspecified atom stereocenters. The molecule has 0 radical (unpaired) electrons. The largest absolute Gasteiger partial charge is 0.369 e. The van der Waals surface area contributed by atoms with Crippen molar-refractivity contribution in [1.29, 1.82) is 0 Å². The molecule has 0 aliphatic carbocycles. The van der Waals surface area contributed by atoms with Crippen LogP contribution >= 0.6 is 15.9 Å². The quantitative estimate of drug-likeness (QED) is 0.914. The highest BCUT2D eigenvalue weighted by Crippen LogP contribution is 2.25. The Hall–Kier alpha value is -1.15. The number of aromatic nitrogens is 2. The van der Waals surface area contributed by atoms with E-state index in [1.54, 1.807) is 10.6 Å². The van der Waals surface area contributed by atoms with Crippen LogP contribution in [0.25, 0.3) is 11.0 Å². The van der Waals surface area contributed by atoms with E-state index in [9.17, 15) is 12.8 Å². The number of aryl methyl sites for hydroxylation is 1. The number of benzene rings is 1. The van der Waals surface area contributed by atoms with Crippen molar-refractivity contribution in [2.45, 2.75) is 13.0 Å². The van der Waals surface area contributed by atoms with Crippen LogP contribution in [0.5, 0.6) is 0 Å². The highest BCUT2D eigenvalue weighted by Gasteiger charge is 2.12. The molecule has 5 nitrogen and oxygen atoms in total. The number of nitrogens with two attached hydrogens (primary N) is 1. The SMILES string of the molecule is CS(=O)(=O)CCCn1c(N)nc2cc(Br)c(F)cc21. The second-order valence-electron chi connectivity index (χ2n) is 4.36. The van der Waals surface area contributed by atoms with E-state index < -0.39 is 15.7 Å². The van der Waals surface area contributed by atoms with Crippen molar-refractivity contribution in [3.05, 3.63) is 22.4 Å². The van der Waals surface area contributed by atoms with Crippen molar-refractivity contribution in [2.24, 2.45) is 0 Å². The van der Waals surface area contributed by atoms with Crippen LogP contribution in [0.1, 0.15) is 6.42 Å². The predicted molar refractivity (Wildman–Crippen MR) is 76.1 cm³/mol. The zero-order chi connectivity index (χ0) is 14.2. The van der Waals surface area contributed by atoms with Crippen molar-refractivity contribution >= 4 is 42.7 Å². The molecule has 1 aromatic heterocycles. The van der Waals surface area contributed by atoms with E-state index in [1.807, 2.05) is 0 Å². The zero-order valence-electron chi connectivity index (χ0n) is 10.2. The molecule has 1 aromatic carbocycles. The van der Waals surface area contributed by atoms with Crippen LogP contribution in [0.15, 0.2) is 16.6 Å². The Labute approximate surface area is 118 Å². The lowest BCUT2D eigenvalue weighted by Crippen LogP contribution is -2.09. The number of hydrogen-bond donors (Lipinski definition) is 1. The minimum Gasteiger partial charge on any atom is -0.369 e. The summed E-state index contributed by atoms with van der Waals surface area (Å²) in [5.74, 6) is -0.0942. The minimum atomic E-state index is -3.01. The van der Waals surface area contributed by atoms with Gasteiger partial charge in [-0.1, -0.05) is 0 Å². The summed E-state index contributed by atoms with van der Waals surface area (Å²) in [4.78, 5) is 4.12. The van der Waals surface area contributed by atoms with Crippen molar-refractivity contribution < 1.29 is 12.8 Å².